The molecule has 0 saturated carbocycles. The van der Waals surface area contributed by atoms with E-state index in [-0.39, 0.29) is 24.0 Å². The van der Waals surface area contributed by atoms with Crippen LogP contribution in [0.25, 0.3) is 72.2 Å². The smallest absolute Gasteiger partial charge is 0.125 e. The molecule has 4 unspecified atom stereocenters. The fourth-order valence-electron chi connectivity index (χ4n) is 11.5. The Morgan fingerprint density at radius 2 is 1.00 bits per heavy atom. The quantitative estimate of drug-likeness (QED) is 0.156. The van der Waals surface area contributed by atoms with Gasteiger partial charge in [0.1, 0.15) is 12.2 Å². The largest absolute Gasteiger partial charge is 0.354 e. The molecule has 2 aliphatic heterocycles. The minimum Gasteiger partial charge on any atom is -0.354 e. The van der Waals surface area contributed by atoms with Crippen molar-refractivity contribution in [2.75, 3.05) is 0 Å². The molecule has 13 rings (SSSR count). The van der Waals surface area contributed by atoms with Crippen molar-refractivity contribution in [1.29, 1.82) is 0 Å². The van der Waals surface area contributed by atoms with Gasteiger partial charge >= 0.3 is 0 Å². The van der Waals surface area contributed by atoms with Crippen LogP contribution in [0, 0.1) is 0 Å². The molecule has 304 valence electrons. The van der Waals surface area contributed by atoms with E-state index < -0.39 is 0 Å². The van der Waals surface area contributed by atoms with Crippen LogP contribution in [0.2, 0.25) is 0 Å². The molecule has 0 saturated heterocycles. The van der Waals surface area contributed by atoms with Gasteiger partial charge in [0.05, 0.1) is 11.2 Å². The summed E-state index contributed by atoms with van der Waals surface area (Å²) in [4.78, 5) is 0. The number of hydrogen-bond donors (Lipinski definition) is 0. The summed E-state index contributed by atoms with van der Waals surface area (Å²) >= 11 is 0. The summed E-state index contributed by atoms with van der Waals surface area (Å²) < 4.78 is 9.45. The average Bonchev–Trinajstić information content (AvgIpc) is 4.04. The van der Waals surface area contributed by atoms with Crippen molar-refractivity contribution in [1.82, 2.24) is 4.57 Å². The highest BCUT2D eigenvalue weighted by atomic mass is 16.5. The third kappa shape index (κ3) is 5.69. The van der Waals surface area contributed by atoms with E-state index in [1.54, 1.807) is 0 Å². The fraction of sp³-hybridized carbons (Fsp3) is 0.0968. The molecule has 0 amide bonds. The average molecular weight is 820 g/mol. The SMILES string of the molecule is CC(c1ccccc1-c1ccccc1)C(Cc1ccc2c(c1)C1OC2c2c1n(-c1ccccc1)c1ccccc21)c1ccc2c(c1)-c1ccccc1-c1ccccc1-c1ccccc1-2. The van der Waals surface area contributed by atoms with E-state index in [4.69, 9.17) is 4.74 Å². The lowest BCUT2D eigenvalue weighted by Crippen LogP contribution is -2.14. The molecular formula is C62H45NO. The van der Waals surface area contributed by atoms with Gasteiger partial charge in [-0.15, -0.1) is 0 Å². The highest BCUT2D eigenvalue weighted by Crippen LogP contribution is 2.58. The van der Waals surface area contributed by atoms with Crippen molar-refractivity contribution in [3.63, 3.8) is 0 Å². The molecule has 0 spiro atoms. The molecule has 4 atom stereocenters. The molecule has 10 aromatic rings. The van der Waals surface area contributed by atoms with Crippen molar-refractivity contribution < 1.29 is 4.74 Å². The van der Waals surface area contributed by atoms with Gasteiger partial charge in [0.25, 0.3) is 0 Å². The lowest BCUT2D eigenvalue weighted by Gasteiger charge is -2.29. The second-order valence-electron chi connectivity index (χ2n) is 17.8. The Morgan fingerprint density at radius 1 is 0.453 bits per heavy atom. The van der Waals surface area contributed by atoms with Crippen LogP contribution >= 0.6 is 0 Å². The van der Waals surface area contributed by atoms with Crippen LogP contribution in [0.3, 0.4) is 0 Å². The first kappa shape index (κ1) is 37.1. The van der Waals surface area contributed by atoms with E-state index in [9.17, 15) is 0 Å². The first-order valence-corrected chi connectivity index (χ1v) is 22.7. The minimum atomic E-state index is -0.131. The molecule has 3 heterocycles. The van der Waals surface area contributed by atoms with E-state index in [1.165, 1.54) is 111 Å². The van der Waals surface area contributed by atoms with Crippen molar-refractivity contribution in [2.24, 2.45) is 0 Å². The number of rotatable bonds is 7. The van der Waals surface area contributed by atoms with Gasteiger partial charge in [0.15, 0.2) is 0 Å². The van der Waals surface area contributed by atoms with Crippen molar-refractivity contribution in [2.45, 2.75) is 37.4 Å². The van der Waals surface area contributed by atoms with Gasteiger partial charge in [-0.3, -0.25) is 0 Å². The first-order chi connectivity index (χ1) is 31.7. The van der Waals surface area contributed by atoms with Gasteiger partial charge in [-0.1, -0.05) is 207 Å². The predicted octanol–water partition coefficient (Wildman–Crippen LogP) is 15.9. The predicted molar refractivity (Wildman–Crippen MR) is 263 cm³/mol. The van der Waals surface area contributed by atoms with Crippen LogP contribution in [0.4, 0.5) is 0 Å². The summed E-state index contributed by atoms with van der Waals surface area (Å²) in [6.45, 7) is 2.45. The highest BCUT2D eigenvalue weighted by Gasteiger charge is 2.47. The molecule has 2 nitrogen and oxygen atoms in total. The van der Waals surface area contributed by atoms with E-state index in [2.05, 4.69) is 230 Å². The van der Waals surface area contributed by atoms with Crippen LogP contribution in [0.5, 0.6) is 0 Å². The molecule has 0 radical (unpaired) electrons. The summed E-state index contributed by atoms with van der Waals surface area (Å²) in [5.41, 5.74) is 24.4. The zero-order valence-electron chi connectivity index (χ0n) is 35.7. The van der Waals surface area contributed by atoms with Crippen LogP contribution in [0.1, 0.15) is 70.0 Å². The zero-order chi connectivity index (χ0) is 42.3. The van der Waals surface area contributed by atoms with Gasteiger partial charge in [-0.2, -0.15) is 0 Å². The van der Waals surface area contributed by atoms with Gasteiger partial charge in [0.2, 0.25) is 0 Å². The van der Waals surface area contributed by atoms with Gasteiger partial charge in [0, 0.05) is 16.6 Å². The number of nitrogens with zero attached hydrogens (tertiary/aromatic N) is 1. The molecule has 3 aliphatic rings. The number of para-hydroxylation sites is 2. The summed E-state index contributed by atoms with van der Waals surface area (Å²) in [7, 11) is 0. The Labute approximate surface area is 374 Å². The van der Waals surface area contributed by atoms with E-state index in [0.29, 0.717) is 0 Å². The molecule has 2 bridgehead atoms. The van der Waals surface area contributed by atoms with Crippen LogP contribution < -0.4 is 0 Å². The molecule has 1 aromatic heterocycles. The number of fused-ring (bicyclic) bond motifs is 18. The Bertz CT molecular complexity index is 3430. The van der Waals surface area contributed by atoms with Crippen LogP contribution in [-0.4, -0.2) is 4.57 Å². The molecule has 1 aliphatic carbocycles. The second-order valence-corrected chi connectivity index (χ2v) is 17.8. The lowest BCUT2D eigenvalue weighted by atomic mass is 9.74. The minimum absolute atomic E-state index is 0.0758. The molecule has 2 heteroatoms. The maximum absolute atomic E-state index is 7.00. The standard InChI is InChI=1S/C62H45NO/c1-39(44-22-8-9-23-45(44)41-18-4-2-5-19-41)55(42-33-35-52-50-28-13-12-26-48(50)46-24-10-11-25-47(46)49-27-14-15-29-51(49)56(52)38-42)36-40-32-34-53-57(37-40)62-60-59(61(53)64-62)54-30-16-17-31-58(54)63(60)43-20-6-3-7-21-43/h2-35,37-39,55,61-62H,36H2,1H3. The lowest BCUT2D eigenvalue weighted by molar-refractivity contribution is 0.0837. The van der Waals surface area contributed by atoms with Gasteiger partial charge in [-0.05, 0) is 120 Å². The highest BCUT2D eigenvalue weighted by molar-refractivity contribution is 6.03. The maximum Gasteiger partial charge on any atom is 0.125 e. The normalized spacial score (nSPS) is 16.1. The summed E-state index contributed by atoms with van der Waals surface area (Å²) in [5, 5.41) is 1.28. The topological polar surface area (TPSA) is 14.2 Å². The maximum atomic E-state index is 7.00. The van der Waals surface area contributed by atoms with E-state index >= 15 is 0 Å². The monoisotopic (exact) mass is 819 g/mol. The molecule has 64 heavy (non-hydrogen) atoms. The second kappa shape index (κ2) is 14.8. The van der Waals surface area contributed by atoms with E-state index in [0.717, 1.165) is 6.42 Å². The molecule has 9 aromatic carbocycles. The number of hydrogen-bond acceptors (Lipinski definition) is 1. The van der Waals surface area contributed by atoms with Crippen molar-refractivity contribution in [3.05, 3.63) is 257 Å². The number of ether oxygens (including phenoxy) is 1. The number of aromatic nitrogens is 1. The summed E-state index contributed by atoms with van der Waals surface area (Å²) in [6, 6.07) is 81.1. The van der Waals surface area contributed by atoms with Crippen molar-refractivity contribution >= 4 is 10.9 Å². The third-order valence-electron chi connectivity index (χ3n) is 14.5. The van der Waals surface area contributed by atoms with Crippen molar-refractivity contribution in [3.8, 4) is 61.3 Å². The van der Waals surface area contributed by atoms with Gasteiger partial charge in [-0.25, -0.2) is 0 Å². The zero-order valence-corrected chi connectivity index (χ0v) is 35.7. The Kier molecular flexibility index (Phi) is 8.57. The molecule has 0 fully saturated rings. The Balaban J connectivity index is 0.971. The summed E-state index contributed by atoms with van der Waals surface area (Å²) in [5.74, 6) is 0.360. The first-order valence-electron chi connectivity index (χ1n) is 22.7. The van der Waals surface area contributed by atoms with E-state index in [1.807, 2.05) is 0 Å². The Hall–Kier alpha value is -7.52. The molecular weight excluding hydrogens is 775 g/mol. The summed E-state index contributed by atoms with van der Waals surface area (Å²) in [6.07, 6.45) is 0.671. The van der Waals surface area contributed by atoms with Crippen LogP contribution in [-0.2, 0) is 11.2 Å². The van der Waals surface area contributed by atoms with Gasteiger partial charge < -0.3 is 9.30 Å². The third-order valence-corrected chi connectivity index (χ3v) is 14.5. The Morgan fingerprint density at radius 3 is 1.67 bits per heavy atom. The molecule has 0 N–H and O–H groups in total. The fourth-order valence-corrected chi connectivity index (χ4v) is 11.5. The van der Waals surface area contributed by atoms with Crippen LogP contribution in [0.15, 0.2) is 218 Å². The number of benzene rings is 9.